The van der Waals surface area contributed by atoms with Crippen LogP contribution in [0, 0.1) is 0 Å². The van der Waals surface area contributed by atoms with Crippen molar-refractivity contribution in [2.75, 3.05) is 0 Å². The molecule has 0 aromatic heterocycles. The topological polar surface area (TPSA) is 112 Å². The molecule has 0 aromatic carbocycles. The van der Waals surface area contributed by atoms with Crippen molar-refractivity contribution in [2.24, 2.45) is 0 Å². The van der Waals surface area contributed by atoms with E-state index in [1.807, 2.05) is 0 Å². The molecule has 0 saturated carbocycles. The van der Waals surface area contributed by atoms with Gasteiger partial charge in [-0.1, -0.05) is 13.8 Å². The first-order valence-electron chi connectivity index (χ1n) is 3.97. The Morgan fingerprint density at radius 2 is 1.00 bits per heavy atom. The summed E-state index contributed by atoms with van der Waals surface area (Å²) >= 11 is 0. The van der Waals surface area contributed by atoms with Crippen molar-refractivity contribution in [3.8, 4) is 0 Å². The fraction of sp³-hybridized carbons (Fsp3) is 0.400. The summed E-state index contributed by atoms with van der Waals surface area (Å²) in [6.07, 6.45) is 2.11. The van der Waals surface area contributed by atoms with Gasteiger partial charge in [0.2, 0.25) is 0 Å². The van der Waals surface area contributed by atoms with Crippen molar-refractivity contribution in [3.05, 3.63) is 23.7 Å². The van der Waals surface area contributed by atoms with Crippen LogP contribution in [0.2, 0.25) is 0 Å². The zero-order valence-corrected chi connectivity index (χ0v) is 10.7. The molecule has 0 bridgehead atoms. The summed E-state index contributed by atoms with van der Waals surface area (Å²) < 4.78 is 0. The van der Waals surface area contributed by atoms with Crippen molar-refractivity contribution in [1.29, 1.82) is 0 Å². The van der Waals surface area contributed by atoms with Gasteiger partial charge < -0.3 is 15.7 Å². The van der Waals surface area contributed by atoms with E-state index in [9.17, 15) is 19.8 Å². The molecule has 6 heteroatoms. The molecule has 0 saturated heterocycles. The van der Waals surface area contributed by atoms with Crippen LogP contribution >= 0.6 is 0 Å². The van der Waals surface area contributed by atoms with Gasteiger partial charge in [0.1, 0.15) is 0 Å². The third kappa shape index (κ3) is 38.4. The number of hydrogen-bond acceptors (Lipinski definition) is 4. The van der Waals surface area contributed by atoms with Crippen LogP contribution in [-0.4, -0.2) is 17.0 Å². The monoisotopic (exact) mass is 275 g/mol. The van der Waals surface area contributed by atoms with E-state index in [2.05, 4.69) is 0 Å². The predicted octanol–water partition coefficient (Wildman–Crippen LogP) is -1.15. The molecule has 0 fully saturated rings. The van der Waals surface area contributed by atoms with Crippen LogP contribution in [0.3, 0.4) is 0 Å². The average Bonchev–Trinajstić information content (AvgIpc) is 1.79. The third-order valence-corrected chi connectivity index (χ3v) is 0.813. The van der Waals surface area contributed by atoms with Gasteiger partial charge in [-0.2, -0.15) is 0 Å². The molecule has 0 unspecified atom stereocenters. The SMILES string of the molecule is CC(=O)C=C(C)[O-].CC(=O)C=C(C)[O-].O.[Co+2]. The zero-order valence-electron chi connectivity index (χ0n) is 9.62. The number of carbonyl (C=O) groups is 2. The second kappa shape index (κ2) is 13.9. The first-order valence-corrected chi connectivity index (χ1v) is 3.97. The van der Waals surface area contributed by atoms with Crippen LogP contribution in [-0.2, 0) is 26.4 Å². The van der Waals surface area contributed by atoms with E-state index >= 15 is 0 Å². The molecular formula is C10H16CoO5. The molecule has 0 rings (SSSR count). The van der Waals surface area contributed by atoms with E-state index in [-0.39, 0.29) is 45.3 Å². The maximum Gasteiger partial charge on any atom is 2.00 e. The third-order valence-electron chi connectivity index (χ3n) is 0.813. The second-order valence-corrected chi connectivity index (χ2v) is 2.73. The van der Waals surface area contributed by atoms with Crippen molar-refractivity contribution >= 4 is 11.6 Å². The summed E-state index contributed by atoms with van der Waals surface area (Å²) in [5.41, 5.74) is 0. The average molecular weight is 275 g/mol. The van der Waals surface area contributed by atoms with Crippen LogP contribution in [0.1, 0.15) is 27.7 Å². The number of allylic oxidation sites excluding steroid dienone is 4. The summed E-state index contributed by atoms with van der Waals surface area (Å²) in [6.45, 7) is 5.39. The van der Waals surface area contributed by atoms with Gasteiger partial charge in [0, 0.05) is 0 Å². The Morgan fingerprint density at radius 3 is 1.00 bits per heavy atom. The van der Waals surface area contributed by atoms with Crippen LogP contribution in [0.25, 0.3) is 0 Å². The van der Waals surface area contributed by atoms with E-state index in [0.717, 1.165) is 12.2 Å². The standard InChI is InChI=1S/2C5H8O2.Co.H2O/c2*1-4(6)3-5(2)7;;/h2*3,6H,1-2H3;;1H2/q;;+2;/p-2. The van der Waals surface area contributed by atoms with Crippen LogP contribution < -0.4 is 10.2 Å². The van der Waals surface area contributed by atoms with Crippen molar-refractivity contribution < 1.29 is 42.1 Å². The second-order valence-electron chi connectivity index (χ2n) is 2.73. The predicted molar refractivity (Wildman–Crippen MR) is 52.5 cm³/mol. The first-order chi connectivity index (χ1) is 6.25. The first kappa shape index (κ1) is 24.2. The Balaban J connectivity index is -0.0000000800. The summed E-state index contributed by atoms with van der Waals surface area (Å²) in [6, 6.07) is 0. The minimum Gasteiger partial charge on any atom is -0.876 e. The normalized spacial score (nSPS) is 10.0. The Hall–Kier alpha value is -1.11. The molecule has 0 aliphatic heterocycles. The van der Waals surface area contributed by atoms with E-state index in [1.54, 1.807) is 0 Å². The Kier molecular flexibility index (Phi) is 21.0. The minimum atomic E-state index is -0.187. The van der Waals surface area contributed by atoms with Gasteiger partial charge in [0.05, 0.1) is 0 Å². The molecule has 2 N–H and O–H groups in total. The van der Waals surface area contributed by atoms with E-state index in [0.29, 0.717) is 0 Å². The molecule has 0 spiro atoms. The fourth-order valence-corrected chi connectivity index (χ4v) is 0.572. The molecule has 0 aromatic rings. The molecule has 0 aliphatic carbocycles. The van der Waals surface area contributed by atoms with Crippen LogP contribution in [0.5, 0.6) is 0 Å². The molecule has 1 radical (unpaired) electrons. The van der Waals surface area contributed by atoms with E-state index < -0.39 is 0 Å². The summed E-state index contributed by atoms with van der Waals surface area (Å²) in [7, 11) is 0. The summed E-state index contributed by atoms with van der Waals surface area (Å²) in [5.74, 6) is -0.750. The quantitative estimate of drug-likeness (QED) is 0.468. The minimum absolute atomic E-state index is 0. The Morgan fingerprint density at radius 1 is 0.812 bits per heavy atom. The Bertz CT molecular complexity index is 232. The van der Waals surface area contributed by atoms with Gasteiger partial charge in [0.25, 0.3) is 0 Å². The molecule has 0 heterocycles. The maximum absolute atomic E-state index is 9.98. The largest absolute Gasteiger partial charge is 2.00 e. The summed E-state index contributed by atoms with van der Waals surface area (Å²) in [4.78, 5) is 20.0. The number of ketones is 2. The van der Waals surface area contributed by atoms with Crippen LogP contribution in [0.15, 0.2) is 23.7 Å². The number of rotatable bonds is 2. The molecule has 16 heavy (non-hydrogen) atoms. The number of hydrogen-bond donors (Lipinski definition) is 0. The van der Waals surface area contributed by atoms with Gasteiger partial charge in [-0.25, -0.2) is 0 Å². The van der Waals surface area contributed by atoms with Gasteiger partial charge in [-0.05, 0) is 26.0 Å². The molecule has 95 valence electrons. The maximum atomic E-state index is 9.98. The van der Waals surface area contributed by atoms with E-state index in [1.165, 1.54) is 27.7 Å². The zero-order chi connectivity index (χ0) is 11.7. The van der Waals surface area contributed by atoms with Crippen molar-refractivity contribution in [1.82, 2.24) is 0 Å². The molecule has 5 nitrogen and oxygen atoms in total. The number of carbonyl (C=O) groups excluding carboxylic acids is 2. The molecule has 0 atom stereocenters. The fourth-order valence-electron chi connectivity index (χ4n) is 0.572. The Labute approximate surface area is 105 Å². The van der Waals surface area contributed by atoms with Gasteiger partial charge in [-0.3, -0.25) is 9.59 Å². The van der Waals surface area contributed by atoms with Gasteiger partial charge >= 0.3 is 16.8 Å². The van der Waals surface area contributed by atoms with Gasteiger partial charge in [-0.15, -0.1) is 11.5 Å². The van der Waals surface area contributed by atoms with Gasteiger partial charge in [0.15, 0.2) is 11.6 Å². The molecular weight excluding hydrogens is 259 g/mol. The molecule has 0 aliphatic rings. The van der Waals surface area contributed by atoms with Crippen molar-refractivity contribution in [3.63, 3.8) is 0 Å². The summed E-state index contributed by atoms with van der Waals surface area (Å²) in [5, 5.41) is 20.0. The van der Waals surface area contributed by atoms with E-state index in [4.69, 9.17) is 0 Å². The van der Waals surface area contributed by atoms with Crippen LogP contribution in [0.4, 0.5) is 0 Å². The molecule has 0 amide bonds. The van der Waals surface area contributed by atoms with Crippen molar-refractivity contribution in [2.45, 2.75) is 27.7 Å². The smallest absolute Gasteiger partial charge is 0.876 e.